The summed E-state index contributed by atoms with van der Waals surface area (Å²) in [5, 5.41) is 5.07. The molecule has 3 nitrogen and oxygen atoms in total. The maximum atomic E-state index is 6.31. The molecule has 0 fully saturated rings. The minimum absolute atomic E-state index is 0.195. The molecule has 2 heterocycles. The van der Waals surface area contributed by atoms with Crippen LogP contribution in [-0.4, -0.2) is 15.0 Å². The third kappa shape index (κ3) is 2.76. The molecule has 0 aliphatic rings. The maximum absolute atomic E-state index is 6.31. The van der Waals surface area contributed by atoms with Gasteiger partial charge in [-0.05, 0) is 28.4 Å². The Morgan fingerprint density at radius 2 is 1.43 bits per heavy atom. The lowest BCUT2D eigenvalue weighted by atomic mass is 10.0. The zero-order chi connectivity index (χ0) is 20.1. The molecule has 2 aromatic heterocycles. The van der Waals surface area contributed by atoms with Gasteiger partial charge in [-0.3, -0.25) is 0 Å². The van der Waals surface area contributed by atoms with Gasteiger partial charge >= 0.3 is 0 Å². The molecule has 0 saturated carbocycles. The van der Waals surface area contributed by atoms with Crippen LogP contribution in [-0.2, 0) is 0 Å². The van der Waals surface area contributed by atoms with Gasteiger partial charge in [-0.1, -0.05) is 78.9 Å². The SMILES string of the molecule is Clc1nc(-c2ccccc2)nc(-c2cccc3sc4c5ccccc5ccc4c23)n1. The van der Waals surface area contributed by atoms with E-state index in [1.165, 1.54) is 25.6 Å². The van der Waals surface area contributed by atoms with Gasteiger partial charge in [-0.25, -0.2) is 4.98 Å². The molecule has 0 amide bonds. The standard InChI is InChI=1S/C25H14ClN3S/c26-25-28-23(16-8-2-1-3-9-16)27-24(29-25)19-11-6-12-20-21(19)18-14-13-15-7-4-5-10-17(15)22(18)30-20/h1-14H. The monoisotopic (exact) mass is 423 g/mol. The van der Waals surface area contributed by atoms with E-state index in [1.807, 2.05) is 30.3 Å². The lowest BCUT2D eigenvalue weighted by Gasteiger charge is -2.07. The van der Waals surface area contributed by atoms with Crippen LogP contribution >= 0.6 is 22.9 Å². The highest BCUT2D eigenvalue weighted by Gasteiger charge is 2.16. The van der Waals surface area contributed by atoms with Crippen molar-refractivity contribution in [3.05, 3.63) is 90.2 Å². The number of aromatic nitrogens is 3. The van der Waals surface area contributed by atoms with Crippen molar-refractivity contribution in [3.8, 4) is 22.8 Å². The summed E-state index contributed by atoms with van der Waals surface area (Å²) >= 11 is 8.11. The molecule has 0 aliphatic heterocycles. The minimum atomic E-state index is 0.195. The van der Waals surface area contributed by atoms with E-state index in [4.69, 9.17) is 16.6 Å². The molecule has 0 aliphatic carbocycles. The number of fused-ring (bicyclic) bond motifs is 5. The molecule has 0 saturated heterocycles. The second-order valence-electron chi connectivity index (χ2n) is 7.06. The fourth-order valence-electron chi connectivity index (χ4n) is 3.93. The third-order valence-electron chi connectivity index (χ3n) is 5.27. The van der Waals surface area contributed by atoms with Crippen molar-refractivity contribution >= 4 is 53.9 Å². The highest BCUT2D eigenvalue weighted by Crippen LogP contribution is 2.42. The Hall–Kier alpha value is -3.34. The molecule has 30 heavy (non-hydrogen) atoms. The number of hydrogen-bond acceptors (Lipinski definition) is 4. The zero-order valence-electron chi connectivity index (χ0n) is 15.7. The predicted octanol–water partition coefficient (Wildman–Crippen LogP) is 7.38. The van der Waals surface area contributed by atoms with Crippen LogP contribution in [0.4, 0.5) is 0 Å². The van der Waals surface area contributed by atoms with Crippen LogP contribution in [0, 0.1) is 0 Å². The summed E-state index contributed by atoms with van der Waals surface area (Å²) in [6, 6.07) is 29.0. The molecular weight excluding hydrogens is 410 g/mol. The van der Waals surface area contributed by atoms with Crippen LogP contribution in [0.3, 0.4) is 0 Å². The van der Waals surface area contributed by atoms with Gasteiger partial charge in [0.25, 0.3) is 0 Å². The maximum Gasteiger partial charge on any atom is 0.226 e. The number of hydrogen-bond donors (Lipinski definition) is 0. The molecule has 0 spiro atoms. The fourth-order valence-corrected chi connectivity index (χ4v) is 5.35. The zero-order valence-corrected chi connectivity index (χ0v) is 17.3. The van der Waals surface area contributed by atoms with Gasteiger partial charge in [-0.15, -0.1) is 11.3 Å². The second kappa shape index (κ2) is 6.87. The summed E-state index contributed by atoms with van der Waals surface area (Å²) in [7, 11) is 0. The summed E-state index contributed by atoms with van der Waals surface area (Å²) in [5.41, 5.74) is 1.88. The van der Waals surface area contributed by atoms with E-state index in [2.05, 4.69) is 64.6 Å². The average Bonchev–Trinajstić information content (AvgIpc) is 3.19. The first-order chi connectivity index (χ1) is 14.8. The smallest absolute Gasteiger partial charge is 0.208 e. The molecule has 0 N–H and O–H groups in total. The van der Waals surface area contributed by atoms with Crippen LogP contribution < -0.4 is 0 Å². The molecular formula is C25H14ClN3S. The average molecular weight is 424 g/mol. The van der Waals surface area contributed by atoms with E-state index in [1.54, 1.807) is 11.3 Å². The summed E-state index contributed by atoms with van der Waals surface area (Å²) < 4.78 is 2.48. The first-order valence-corrected chi connectivity index (χ1v) is 10.8. The largest absolute Gasteiger partial charge is 0.226 e. The van der Waals surface area contributed by atoms with Crippen LogP contribution in [0.25, 0.3) is 53.7 Å². The van der Waals surface area contributed by atoms with E-state index in [0.29, 0.717) is 11.6 Å². The van der Waals surface area contributed by atoms with Gasteiger partial charge in [-0.2, -0.15) is 9.97 Å². The van der Waals surface area contributed by atoms with Gasteiger partial charge in [0, 0.05) is 31.3 Å². The van der Waals surface area contributed by atoms with E-state index >= 15 is 0 Å². The van der Waals surface area contributed by atoms with E-state index in [0.717, 1.165) is 16.5 Å². The van der Waals surface area contributed by atoms with Crippen LogP contribution in [0.2, 0.25) is 5.28 Å². The quantitative estimate of drug-likeness (QED) is 0.291. The molecule has 6 rings (SSSR count). The molecule has 4 aromatic carbocycles. The topological polar surface area (TPSA) is 38.7 Å². The highest BCUT2D eigenvalue weighted by atomic mass is 35.5. The van der Waals surface area contributed by atoms with Crippen molar-refractivity contribution in [1.29, 1.82) is 0 Å². The van der Waals surface area contributed by atoms with Crippen molar-refractivity contribution in [1.82, 2.24) is 15.0 Å². The van der Waals surface area contributed by atoms with Crippen molar-refractivity contribution in [2.24, 2.45) is 0 Å². The highest BCUT2D eigenvalue weighted by molar-refractivity contribution is 7.26. The summed E-state index contributed by atoms with van der Waals surface area (Å²) in [6.45, 7) is 0. The molecule has 142 valence electrons. The molecule has 5 heteroatoms. The Labute approximate surface area is 181 Å². The van der Waals surface area contributed by atoms with Crippen molar-refractivity contribution in [2.45, 2.75) is 0 Å². The number of thiophene rings is 1. The first kappa shape index (κ1) is 17.5. The molecule has 6 aromatic rings. The number of nitrogens with zero attached hydrogens (tertiary/aromatic N) is 3. The Morgan fingerprint density at radius 1 is 0.633 bits per heavy atom. The first-order valence-electron chi connectivity index (χ1n) is 9.58. The lowest BCUT2D eigenvalue weighted by Crippen LogP contribution is -1.97. The van der Waals surface area contributed by atoms with Gasteiger partial charge in [0.05, 0.1) is 0 Å². The predicted molar refractivity (Wildman–Crippen MR) is 126 cm³/mol. The van der Waals surface area contributed by atoms with Crippen LogP contribution in [0.15, 0.2) is 84.9 Å². The second-order valence-corrected chi connectivity index (χ2v) is 8.45. The lowest BCUT2D eigenvalue weighted by molar-refractivity contribution is 1.07. The number of benzene rings is 4. The third-order valence-corrected chi connectivity index (χ3v) is 6.64. The van der Waals surface area contributed by atoms with E-state index in [-0.39, 0.29) is 5.28 Å². The van der Waals surface area contributed by atoms with Gasteiger partial charge in [0.1, 0.15) is 0 Å². The molecule has 0 atom stereocenters. The number of rotatable bonds is 2. The Balaban J connectivity index is 1.66. The van der Waals surface area contributed by atoms with Crippen molar-refractivity contribution < 1.29 is 0 Å². The van der Waals surface area contributed by atoms with Gasteiger partial charge in [0.2, 0.25) is 5.28 Å². The molecule has 0 unspecified atom stereocenters. The summed E-state index contributed by atoms with van der Waals surface area (Å²) in [5.74, 6) is 1.17. The number of halogens is 1. The normalized spacial score (nSPS) is 11.5. The Bertz CT molecular complexity index is 1560. The van der Waals surface area contributed by atoms with Crippen LogP contribution in [0.5, 0.6) is 0 Å². The van der Waals surface area contributed by atoms with E-state index in [9.17, 15) is 0 Å². The summed E-state index contributed by atoms with van der Waals surface area (Å²) in [4.78, 5) is 13.6. The van der Waals surface area contributed by atoms with Gasteiger partial charge < -0.3 is 0 Å². The van der Waals surface area contributed by atoms with Crippen molar-refractivity contribution in [2.75, 3.05) is 0 Å². The van der Waals surface area contributed by atoms with Gasteiger partial charge in [0.15, 0.2) is 11.6 Å². The Morgan fingerprint density at radius 3 is 2.33 bits per heavy atom. The summed E-state index contributed by atoms with van der Waals surface area (Å²) in [6.07, 6.45) is 0. The van der Waals surface area contributed by atoms with E-state index < -0.39 is 0 Å². The van der Waals surface area contributed by atoms with Crippen molar-refractivity contribution in [3.63, 3.8) is 0 Å². The minimum Gasteiger partial charge on any atom is -0.208 e. The molecule has 0 radical (unpaired) electrons. The molecule has 0 bridgehead atoms. The fraction of sp³-hybridized carbons (Fsp3) is 0. The van der Waals surface area contributed by atoms with Crippen LogP contribution in [0.1, 0.15) is 0 Å². The Kier molecular flexibility index (Phi) is 4.01.